The first kappa shape index (κ1) is 11.3. The highest BCUT2D eigenvalue weighted by atomic mass is 35.5. The smallest absolute Gasteiger partial charge is 0.185 e. The second-order valence-corrected chi connectivity index (χ2v) is 3.98. The molecule has 1 nitrogen and oxygen atoms in total. The van der Waals surface area contributed by atoms with Crippen molar-refractivity contribution in [3.8, 4) is 0 Å². The molecule has 0 unspecified atom stereocenters. The van der Waals surface area contributed by atoms with Crippen LogP contribution in [0.5, 0.6) is 0 Å². The minimum Gasteiger partial charge on any atom is -0.250 e. The summed E-state index contributed by atoms with van der Waals surface area (Å²) in [5.74, 6) is -1.84. The monoisotopic (exact) mass is 241 g/mol. The number of fused-ring (bicyclic) bond motifs is 1. The van der Waals surface area contributed by atoms with Gasteiger partial charge in [-0.3, -0.25) is 0 Å². The number of halogens is 3. The number of rotatable bonds is 1. The summed E-state index contributed by atoms with van der Waals surface area (Å²) in [7, 11) is 0. The van der Waals surface area contributed by atoms with Crippen molar-refractivity contribution in [1.82, 2.24) is 4.98 Å². The Kier molecular flexibility index (Phi) is 2.80. The van der Waals surface area contributed by atoms with Gasteiger partial charge in [-0.05, 0) is 31.0 Å². The third kappa shape index (κ3) is 1.55. The van der Waals surface area contributed by atoms with E-state index in [4.69, 9.17) is 11.6 Å². The molecule has 1 aromatic heterocycles. The van der Waals surface area contributed by atoms with Gasteiger partial charge < -0.3 is 0 Å². The lowest BCUT2D eigenvalue weighted by Crippen LogP contribution is -1.97. The first-order chi connectivity index (χ1) is 7.56. The van der Waals surface area contributed by atoms with Crippen LogP contribution in [0.15, 0.2) is 12.1 Å². The van der Waals surface area contributed by atoms with Gasteiger partial charge in [0.15, 0.2) is 11.6 Å². The largest absolute Gasteiger partial charge is 0.250 e. The maximum Gasteiger partial charge on any atom is 0.185 e. The highest BCUT2D eigenvalue weighted by molar-refractivity contribution is 6.36. The molecule has 0 saturated carbocycles. The van der Waals surface area contributed by atoms with Gasteiger partial charge in [0.25, 0.3) is 0 Å². The summed E-state index contributed by atoms with van der Waals surface area (Å²) in [5, 5.41) is 0.923. The number of nitrogens with zero attached hydrogens (tertiary/aromatic N) is 1. The van der Waals surface area contributed by atoms with E-state index >= 15 is 0 Å². The summed E-state index contributed by atoms with van der Waals surface area (Å²) in [6.07, 6.45) is 0.715. The standard InChI is InChI=1S/C12H10ClF2N/c1-3-7-6(2)16-12-8(10(7)13)4-5-9(14)11(12)15/h4-5H,3H2,1-2H3. The Labute approximate surface area is 97.1 Å². The number of hydrogen-bond donors (Lipinski definition) is 0. The van der Waals surface area contributed by atoms with Crippen LogP contribution in [0.1, 0.15) is 18.2 Å². The third-order valence-electron chi connectivity index (χ3n) is 2.64. The fraction of sp³-hybridized carbons (Fsp3) is 0.250. The fourth-order valence-electron chi connectivity index (χ4n) is 1.79. The Morgan fingerprint density at radius 1 is 1.31 bits per heavy atom. The van der Waals surface area contributed by atoms with Crippen molar-refractivity contribution in [1.29, 1.82) is 0 Å². The van der Waals surface area contributed by atoms with Gasteiger partial charge in [-0.2, -0.15) is 0 Å². The van der Waals surface area contributed by atoms with E-state index in [0.717, 1.165) is 11.6 Å². The zero-order valence-corrected chi connectivity index (χ0v) is 9.70. The van der Waals surface area contributed by atoms with E-state index < -0.39 is 11.6 Å². The molecular weight excluding hydrogens is 232 g/mol. The summed E-state index contributed by atoms with van der Waals surface area (Å²) in [6, 6.07) is 2.53. The first-order valence-electron chi connectivity index (χ1n) is 4.99. The van der Waals surface area contributed by atoms with Crippen LogP contribution < -0.4 is 0 Å². The highest BCUT2D eigenvalue weighted by Crippen LogP contribution is 2.30. The number of pyridine rings is 1. The lowest BCUT2D eigenvalue weighted by Gasteiger charge is -2.09. The van der Waals surface area contributed by atoms with Gasteiger partial charge >= 0.3 is 0 Å². The van der Waals surface area contributed by atoms with Crippen molar-refractivity contribution < 1.29 is 8.78 Å². The van der Waals surface area contributed by atoms with Gasteiger partial charge in [-0.1, -0.05) is 18.5 Å². The molecule has 0 atom stereocenters. The molecule has 0 N–H and O–H groups in total. The van der Waals surface area contributed by atoms with Crippen molar-refractivity contribution in [3.05, 3.63) is 40.0 Å². The lowest BCUT2D eigenvalue weighted by atomic mass is 10.1. The van der Waals surface area contributed by atoms with E-state index in [2.05, 4.69) is 4.98 Å². The highest BCUT2D eigenvalue weighted by Gasteiger charge is 2.14. The van der Waals surface area contributed by atoms with Crippen molar-refractivity contribution in [3.63, 3.8) is 0 Å². The van der Waals surface area contributed by atoms with Gasteiger partial charge in [0.05, 0.1) is 5.02 Å². The summed E-state index contributed by atoms with van der Waals surface area (Å²) in [5.41, 5.74) is 1.52. The maximum absolute atomic E-state index is 13.5. The second-order valence-electron chi connectivity index (χ2n) is 3.60. The van der Waals surface area contributed by atoms with Crippen LogP contribution >= 0.6 is 11.6 Å². The molecule has 0 amide bonds. The predicted octanol–water partition coefficient (Wildman–Crippen LogP) is 4.04. The number of aryl methyl sites for hydroxylation is 1. The SMILES string of the molecule is CCc1c(C)nc2c(F)c(F)ccc2c1Cl. The molecule has 16 heavy (non-hydrogen) atoms. The molecule has 0 aliphatic carbocycles. The van der Waals surface area contributed by atoms with Gasteiger partial charge in [0, 0.05) is 11.1 Å². The van der Waals surface area contributed by atoms with Crippen LogP contribution in [0.4, 0.5) is 8.78 Å². The van der Waals surface area contributed by atoms with Crippen molar-refractivity contribution >= 4 is 22.5 Å². The van der Waals surface area contributed by atoms with Crippen LogP contribution in [-0.2, 0) is 6.42 Å². The molecule has 0 fully saturated rings. The quantitative estimate of drug-likeness (QED) is 0.734. The summed E-state index contributed by atoms with van der Waals surface area (Å²) in [6.45, 7) is 3.69. The minimum atomic E-state index is -0.940. The topological polar surface area (TPSA) is 12.9 Å². The second kappa shape index (κ2) is 3.98. The molecule has 0 aliphatic heterocycles. The molecule has 0 saturated heterocycles. The van der Waals surface area contributed by atoms with E-state index in [0.29, 0.717) is 22.5 Å². The van der Waals surface area contributed by atoms with Gasteiger partial charge in [-0.15, -0.1) is 0 Å². The average molecular weight is 242 g/mol. The van der Waals surface area contributed by atoms with Crippen LogP contribution in [0, 0.1) is 18.6 Å². The number of hydrogen-bond acceptors (Lipinski definition) is 1. The van der Waals surface area contributed by atoms with Crippen molar-refractivity contribution in [2.24, 2.45) is 0 Å². The first-order valence-corrected chi connectivity index (χ1v) is 5.36. The molecule has 1 heterocycles. The normalized spacial score (nSPS) is 11.1. The Hall–Kier alpha value is -1.22. The molecule has 0 bridgehead atoms. The fourth-order valence-corrected chi connectivity index (χ4v) is 2.22. The number of aromatic nitrogens is 1. The summed E-state index contributed by atoms with van der Waals surface area (Å²) in [4.78, 5) is 4.07. The van der Waals surface area contributed by atoms with Gasteiger partial charge in [0.1, 0.15) is 5.52 Å². The maximum atomic E-state index is 13.5. The van der Waals surface area contributed by atoms with E-state index in [-0.39, 0.29) is 5.52 Å². The van der Waals surface area contributed by atoms with E-state index in [9.17, 15) is 8.78 Å². The molecule has 1 aromatic carbocycles. The predicted molar refractivity (Wildman–Crippen MR) is 60.8 cm³/mol. The van der Waals surface area contributed by atoms with Crippen LogP contribution in [0.25, 0.3) is 10.9 Å². The lowest BCUT2D eigenvalue weighted by molar-refractivity contribution is 0.515. The summed E-state index contributed by atoms with van der Waals surface area (Å²) < 4.78 is 26.5. The molecule has 0 spiro atoms. The van der Waals surface area contributed by atoms with Crippen molar-refractivity contribution in [2.75, 3.05) is 0 Å². The Bertz CT molecular complexity index is 567. The number of benzene rings is 1. The Balaban J connectivity index is 2.92. The van der Waals surface area contributed by atoms with Gasteiger partial charge in [0.2, 0.25) is 0 Å². The molecule has 0 radical (unpaired) electrons. The molecule has 4 heteroatoms. The Morgan fingerprint density at radius 2 is 2.00 bits per heavy atom. The third-order valence-corrected chi connectivity index (χ3v) is 3.07. The van der Waals surface area contributed by atoms with E-state index in [1.807, 2.05) is 6.92 Å². The molecule has 2 aromatic rings. The van der Waals surface area contributed by atoms with Crippen LogP contribution in [-0.4, -0.2) is 4.98 Å². The average Bonchev–Trinajstić information content (AvgIpc) is 2.25. The molecular formula is C12H10ClF2N. The van der Waals surface area contributed by atoms with E-state index in [1.165, 1.54) is 6.07 Å². The van der Waals surface area contributed by atoms with Gasteiger partial charge in [-0.25, -0.2) is 13.8 Å². The summed E-state index contributed by atoms with van der Waals surface area (Å²) >= 11 is 6.14. The van der Waals surface area contributed by atoms with Crippen LogP contribution in [0.3, 0.4) is 0 Å². The minimum absolute atomic E-state index is 0.000278. The Morgan fingerprint density at radius 3 is 2.62 bits per heavy atom. The molecule has 84 valence electrons. The zero-order chi connectivity index (χ0) is 11.9. The molecule has 0 aliphatic rings. The van der Waals surface area contributed by atoms with Crippen molar-refractivity contribution in [2.45, 2.75) is 20.3 Å². The van der Waals surface area contributed by atoms with Crippen LogP contribution in [0.2, 0.25) is 5.02 Å². The zero-order valence-electron chi connectivity index (χ0n) is 8.94. The van der Waals surface area contributed by atoms with E-state index in [1.54, 1.807) is 6.92 Å². The molecule has 2 rings (SSSR count).